The zero-order valence-electron chi connectivity index (χ0n) is 9.85. The second-order valence-corrected chi connectivity index (χ2v) is 4.41. The molecule has 0 aliphatic heterocycles. The van der Waals surface area contributed by atoms with Gasteiger partial charge in [-0.05, 0) is 19.3 Å². The van der Waals surface area contributed by atoms with Crippen molar-refractivity contribution in [1.82, 2.24) is 4.90 Å². The molecular weight excluding hydrogens is 208 g/mol. The van der Waals surface area contributed by atoms with Gasteiger partial charge in [-0.25, -0.2) is 4.79 Å². The summed E-state index contributed by atoms with van der Waals surface area (Å²) in [6.45, 7) is 1.76. The summed E-state index contributed by atoms with van der Waals surface area (Å²) in [4.78, 5) is 24.3. The highest BCUT2D eigenvalue weighted by Crippen LogP contribution is 2.26. The zero-order valence-corrected chi connectivity index (χ0v) is 9.85. The Labute approximate surface area is 95.6 Å². The number of carbonyl (C=O) groups is 2. The Morgan fingerprint density at radius 2 is 2.12 bits per heavy atom. The summed E-state index contributed by atoms with van der Waals surface area (Å²) in [6, 6.07) is -0.846. The highest BCUT2D eigenvalue weighted by molar-refractivity contribution is 5.85. The SMILES string of the molecule is CCC(C(=O)O)N(C)C(=O)C1CCCC1N. The van der Waals surface area contributed by atoms with Crippen molar-refractivity contribution in [2.24, 2.45) is 11.7 Å². The van der Waals surface area contributed by atoms with Gasteiger partial charge in [-0.2, -0.15) is 0 Å². The van der Waals surface area contributed by atoms with Gasteiger partial charge in [0, 0.05) is 13.1 Å². The van der Waals surface area contributed by atoms with Gasteiger partial charge in [0.1, 0.15) is 6.04 Å². The third-order valence-electron chi connectivity index (χ3n) is 3.37. The predicted molar refractivity (Wildman–Crippen MR) is 59.8 cm³/mol. The fraction of sp³-hybridized carbons (Fsp3) is 0.818. The fourth-order valence-corrected chi connectivity index (χ4v) is 2.32. The van der Waals surface area contributed by atoms with E-state index >= 15 is 0 Å². The first-order valence-corrected chi connectivity index (χ1v) is 5.74. The molecule has 0 aromatic carbocycles. The van der Waals surface area contributed by atoms with Crippen LogP contribution in [-0.4, -0.2) is 41.0 Å². The van der Waals surface area contributed by atoms with Crippen LogP contribution in [0.2, 0.25) is 0 Å². The number of rotatable bonds is 4. The Kier molecular flexibility index (Phi) is 4.29. The summed E-state index contributed by atoms with van der Waals surface area (Å²) < 4.78 is 0. The molecule has 1 fully saturated rings. The Morgan fingerprint density at radius 1 is 1.50 bits per heavy atom. The number of hydrogen-bond acceptors (Lipinski definition) is 3. The first-order valence-electron chi connectivity index (χ1n) is 5.74. The second-order valence-electron chi connectivity index (χ2n) is 4.41. The van der Waals surface area contributed by atoms with Gasteiger partial charge in [-0.15, -0.1) is 0 Å². The van der Waals surface area contributed by atoms with Crippen molar-refractivity contribution in [2.75, 3.05) is 7.05 Å². The fourth-order valence-electron chi connectivity index (χ4n) is 2.32. The van der Waals surface area contributed by atoms with Crippen LogP contribution in [0, 0.1) is 5.92 Å². The molecule has 0 radical (unpaired) electrons. The first kappa shape index (κ1) is 13.0. The number of likely N-dealkylation sites (N-methyl/N-ethyl adjacent to an activating group) is 1. The standard InChI is InChI=1S/C11H20N2O3/c1-3-9(11(15)16)13(2)10(14)7-5-4-6-8(7)12/h7-9H,3-6,12H2,1-2H3,(H,15,16). The lowest BCUT2D eigenvalue weighted by Crippen LogP contribution is -2.47. The van der Waals surface area contributed by atoms with Crippen molar-refractivity contribution in [3.63, 3.8) is 0 Å². The lowest BCUT2D eigenvalue weighted by Gasteiger charge is -2.28. The molecule has 0 heterocycles. The average Bonchev–Trinajstić information content (AvgIpc) is 2.63. The van der Waals surface area contributed by atoms with Crippen LogP contribution in [0.5, 0.6) is 0 Å². The van der Waals surface area contributed by atoms with Gasteiger partial charge in [0.2, 0.25) is 5.91 Å². The molecule has 1 rings (SSSR count). The van der Waals surface area contributed by atoms with E-state index in [-0.39, 0.29) is 17.9 Å². The number of nitrogens with zero attached hydrogens (tertiary/aromatic N) is 1. The molecule has 3 N–H and O–H groups in total. The molecule has 92 valence electrons. The van der Waals surface area contributed by atoms with E-state index in [9.17, 15) is 9.59 Å². The zero-order chi connectivity index (χ0) is 12.3. The molecular formula is C11H20N2O3. The van der Waals surface area contributed by atoms with Gasteiger partial charge >= 0.3 is 5.97 Å². The Bertz CT molecular complexity index is 280. The van der Waals surface area contributed by atoms with Crippen LogP contribution in [0.1, 0.15) is 32.6 Å². The van der Waals surface area contributed by atoms with Crippen molar-refractivity contribution < 1.29 is 14.7 Å². The molecule has 0 spiro atoms. The molecule has 0 aromatic heterocycles. The van der Waals surface area contributed by atoms with Gasteiger partial charge in [0.15, 0.2) is 0 Å². The third-order valence-corrected chi connectivity index (χ3v) is 3.37. The van der Waals surface area contributed by atoms with E-state index in [1.807, 2.05) is 0 Å². The van der Waals surface area contributed by atoms with Crippen molar-refractivity contribution in [1.29, 1.82) is 0 Å². The van der Waals surface area contributed by atoms with Crippen molar-refractivity contribution in [2.45, 2.75) is 44.7 Å². The van der Waals surface area contributed by atoms with Crippen LogP contribution in [0.3, 0.4) is 0 Å². The molecule has 1 aliphatic carbocycles. The Morgan fingerprint density at radius 3 is 2.50 bits per heavy atom. The summed E-state index contributed by atoms with van der Waals surface area (Å²) in [7, 11) is 1.55. The van der Waals surface area contributed by atoms with E-state index < -0.39 is 12.0 Å². The maximum absolute atomic E-state index is 12.0. The number of carboxylic acids is 1. The van der Waals surface area contributed by atoms with E-state index in [2.05, 4.69) is 0 Å². The lowest BCUT2D eigenvalue weighted by atomic mass is 10.0. The molecule has 0 aromatic rings. The minimum Gasteiger partial charge on any atom is -0.480 e. The van der Waals surface area contributed by atoms with E-state index in [4.69, 9.17) is 10.8 Å². The predicted octanol–water partition coefficient (Wildman–Crippen LogP) is 0.435. The molecule has 5 nitrogen and oxygen atoms in total. The number of hydrogen-bond donors (Lipinski definition) is 2. The Balaban J connectivity index is 2.68. The van der Waals surface area contributed by atoms with Crippen LogP contribution in [0.15, 0.2) is 0 Å². The van der Waals surface area contributed by atoms with Crippen LogP contribution in [-0.2, 0) is 9.59 Å². The lowest BCUT2D eigenvalue weighted by molar-refractivity contribution is -0.150. The van der Waals surface area contributed by atoms with E-state index in [0.717, 1.165) is 19.3 Å². The minimum atomic E-state index is -0.954. The molecule has 1 amide bonds. The van der Waals surface area contributed by atoms with Gasteiger partial charge < -0.3 is 15.7 Å². The minimum absolute atomic E-state index is 0.110. The van der Waals surface area contributed by atoms with Crippen LogP contribution >= 0.6 is 0 Å². The van der Waals surface area contributed by atoms with Crippen LogP contribution < -0.4 is 5.73 Å². The molecule has 1 saturated carbocycles. The number of carboxylic acid groups (broad SMARTS) is 1. The van der Waals surface area contributed by atoms with Crippen molar-refractivity contribution >= 4 is 11.9 Å². The summed E-state index contributed by atoms with van der Waals surface area (Å²) in [5, 5.41) is 8.98. The van der Waals surface area contributed by atoms with Crippen LogP contribution in [0.25, 0.3) is 0 Å². The normalized spacial score (nSPS) is 26.4. The number of nitrogens with two attached hydrogens (primary N) is 1. The van der Waals surface area contributed by atoms with E-state index in [0.29, 0.717) is 6.42 Å². The maximum atomic E-state index is 12.0. The van der Waals surface area contributed by atoms with Crippen molar-refractivity contribution in [3.05, 3.63) is 0 Å². The van der Waals surface area contributed by atoms with Gasteiger partial charge in [0.05, 0.1) is 5.92 Å². The average molecular weight is 228 g/mol. The van der Waals surface area contributed by atoms with Crippen molar-refractivity contribution in [3.8, 4) is 0 Å². The molecule has 16 heavy (non-hydrogen) atoms. The highest BCUT2D eigenvalue weighted by atomic mass is 16.4. The van der Waals surface area contributed by atoms with E-state index in [1.54, 1.807) is 14.0 Å². The topological polar surface area (TPSA) is 83.6 Å². The van der Waals surface area contributed by atoms with E-state index in [1.165, 1.54) is 4.90 Å². The monoisotopic (exact) mass is 228 g/mol. The molecule has 5 heteroatoms. The molecule has 0 bridgehead atoms. The summed E-state index contributed by atoms with van der Waals surface area (Å²) in [5.74, 6) is -1.28. The number of carbonyl (C=O) groups excluding carboxylic acids is 1. The van der Waals surface area contributed by atoms with Crippen LogP contribution in [0.4, 0.5) is 0 Å². The second kappa shape index (κ2) is 5.30. The maximum Gasteiger partial charge on any atom is 0.326 e. The number of amides is 1. The summed E-state index contributed by atoms with van der Waals surface area (Å²) >= 11 is 0. The summed E-state index contributed by atoms with van der Waals surface area (Å²) in [5.41, 5.74) is 5.84. The Hall–Kier alpha value is -1.10. The molecule has 0 saturated heterocycles. The molecule has 3 atom stereocenters. The third kappa shape index (κ3) is 2.52. The van der Waals surface area contributed by atoms with Gasteiger partial charge in [-0.3, -0.25) is 4.79 Å². The van der Waals surface area contributed by atoms with Gasteiger partial charge in [0.25, 0.3) is 0 Å². The number of aliphatic carboxylic acids is 1. The largest absolute Gasteiger partial charge is 0.480 e. The molecule has 3 unspecified atom stereocenters. The highest BCUT2D eigenvalue weighted by Gasteiger charge is 2.35. The smallest absolute Gasteiger partial charge is 0.326 e. The quantitative estimate of drug-likeness (QED) is 0.731. The summed E-state index contributed by atoms with van der Waals surface area (Å²) in [6.07, 6.45) is 3.00. The first-order chi connectivity index (χ1) is 7.49. The molecule has 1 aliphatic rings. The van der Waals surface area contributed by atoms with Gasteiger partial charge in [-0.1, -0.05) is 13.3 Å².